The molecule has 3 aromatic rings. The zero-order valence-corrected chi connectivity index (χ0v) is 24.0. The van der Waals surface area contributed by atoms with Gasteiger partial charge in [-0.05, 0) is 72.0 Å². The molecule has 2 fully saturated rings. The lowest BCUT2D eigenvalue weighted by molar-refractivity contribution is -0.138. The minimum Gasteiger partial charge on any atom is -0.322 e. The molecule has 3 aromatic carbocycles. The summed E-state index contributed by atoms with van der Waals surface area (Å²) in [5, 5.41) is 5.70. The fourth-order valence-corrected chi connectivity index (χ4v) is 5.66. The smallest absolute Gasteiger partial charge is 0.322 e. The molecule has 0 unspecified atom stereocenters. The van der Waals surface area contributed by atoms with Gasteiger partial charge in [0.15, 0.2) is 0 Å². The van der Waals surface area contributed by atoms with Gasteiger partial charge in [0.05, 0.1) is 12.1 Å². The number of hydrogen-bond donors (Lipinski definition) is 2. The van der Waals surface area contributed by atoms with Crippen molar-refractivity contribution in [1.29, 1.82) is 0 Å². The van der Waals surface area contributed by atoms with Gasteiger partial charge >= 0.3 is 6.18 Å². The van der Waals surface area contributed by atoms with E-state index in [1.165, 1.54) is 12.1 Å². The lowest BCUT2D eigenvalue weighted by Gasteiger charge is -2.34. The average molecular weight is 590 g/mol. The monoisotopic (exact) mass is 589 g/mol. The number of piperazine rings is 1. The first kappa shape index (κ1) is 29.1. The lowest BCUT2D eigenvalue weighted by atomic mass is 9.99. The van der Waals surface area contributed by atoms with Crippen LogP contribution in [0.25, 0.3) is 11.1 Å². The highest BCUT2D eigenvalue weighted by Gasteiger charge is 2.35. The molecule has 3 aliphatic rings. The predicted octanol–water partition coefficient (Wildman–Crippen LogP) is 5.55. The van der Waals surface area contributed by atoms with Crippen LogP contribution in [0.2, 0.25) is 0 Å². The zero-order valence-electron chi connectivity index (χ0n) is 24.0. The number of carbonyl (C=O) groups excluding carboxylic acids is 2. The van der Waals surface area contributed by atoms with Crippen molar-refractivity contribution in [3.8, 4) is 11.1 Å². The van der Waals surface area contributed by atoms with Crippen LogP contribution in [0.1, 0.15) is 52.4 Å². The maximum Gasteiger partial charge on any atom is 0.416 e. The van der Waals surface area contributed by atoms with Crippen molar-refractivity contribution in [3.05, 3.63) is 88.5 Å². The largest absolute Gasteiger partial charge is 0.416 e. The van der Waals surface area contributed by atoms with Gasteiger partial charge in [0, 0.05) is 55.5 Å². The Kier molecular flexibility index (Phi) is 8.07. The van der Waals surface area contributed by atoms with Gasteiger partial charge in [0.2, 0.25) is 5.91 Å². The van der Waals surface area contributed by atoms with E-state index in [0.29, 0.717) is 31.2 Å². The number of benzene rings is 3. The highest BCUT2D eigenvalue weighted by Crippen LogP contribution is 2.34. The third-order valence-corrected chi connectivity index (χ3v) is 8.39. The second kappa shape index (κ2) is 11.9. The van der Waals surface area contributed by atoms with E-state index in [1.54, 1.807) is 18.2 Å². The number of nitrogens with zero attached hydrogens (tertiary/aromatic N) is 3. The average Bonchev–Trinajstić information content (AvgIpc) is 3.79. The molecule has 0 spiro atoms. The Morgan fingerprint density at radius 1 is 0.907 bits per heavy atom. The van der Waals surface area contributed by atoms with Crippen LogP contribution in [0.5, 0.6) is 0 Å². The van der Waals surface area contributed by atoms with Gasteiger partial charge in [0.25, 0.3) is 5.91 Å². The van der Waals surface area contributed by atoms with Crippen molar-refractivity contribution in [2.24, 2.45) is 10.9 Å². The molecule has 2 heterocycles. The summed E-state index contributed by atoms with van der Waals surface area (Å²) in [6.07, 6.45) is -2.73. The quantitative estimate of drug-likeness (QED) is 0.379. The molecule has 2 N–H and O–H groups in total. The van der Waals surface area contributed by atoms with Crippen molar-refractivity contribution in [1.82, 2.24) is 15.1 Å². The van der Waals surface area contributed by atoms with Crippen LogP contribution in [0, 0.1) is 5.92 Å². The summed E-state index contributed by atoms with van der Waals surface area (Å²) in [6.45, 7) is 6.74. The molecule has 2 aliphatic heterocycles. The van der Waals surface area contributed by atoms with Crippen molar-refractivity contribution >= 4 is 23.3 Å². The van der Waals surface area contributed by atoms with E-state index in [1.807, 2.05) is 29.2 Å². The zero-order chi connectivity index (χ0) is 30.1. The second-order valence-electron chi connectivity index (χ2n) is 11.4. The van der Waals surface area contributed by atoms with Gasteiger partial charge in [-0.15, -0.1) is 0 Å². The van der Waals surface area contributed by atoms with Gasteiger partial charge in [-0.3, -0.25) is 19.5 Å². The Labute approximate surface area is 248 Å². The van der Waals surface area contributed by atoms with Crippen LogP contribution < -0.4 is 10.6 Å². The topological polar surface area (TPSA) is 77.0 Å². The van der Waals surface area contributed by atoms with Gasteiger partial charge in [0.1, 0.15) is 5.84 Å². The number of aliphatic imine (C=N–C) groups is 1. The third-order valence-electron chi connectivity index (χ3n) is 8.39. The number of amides is 2. The maximum atomic E-state index is 14.1. The van der Waals surface area contributed by atoms with E-state index in [4.69, 9.17) is 0 Å². The molecule has 0 bridgehead atoms. The predicted molar refractivity (Wildman–Crippen MR) is 160 cm³/mol. The second-order valence-corrected chi connectivity index (χ2v) is 11.4. The van der Waals surface area contributed by atoms with E-state index in [-0.39, 0.29) is 29.5 Å². The van der Waals surface area contributed by atoms with Crippen molar-refractivity contribution < 1.29 is 22.8 Å². The summed E-state index contributed by atoms with van der Waals surface area (Å²) in [7, 11) is 0. The number of nitrogens with one attached hydrogen (secondary N) is 2. The summed E-state index contributed by atoms with van der Waals surface area (Å²) < 4.78 is 42.2. The third kappa shape index (κ3) is 6.65. The molecule has 1 aliphatic carbocycles. The van der Waals surface area contributed by atoms with E-state index >= 15 is 0 Å². The van der Waals surface area contributed by atoms with E-state index in [0.717, 1.165) is 60.8 Å². The molecule has 0 radical (unpaired) electrons. The standard InChI is InChI=1S/C33H34F3N5O2/c1-2-40-12-14-41(15-13-40)20-25-9-8-24(18-29(25)33(34,35)36)32(43)38-27-5-3-4-22(17-27)23-10-11-28-26(16-23)19-37-30(28)39-31(42)21-6-7-21/h3-5,8-11,16-18,21H,2,6-7,12-15,19-20H2,1H3,(H,38,43)(H,37,39,42). The summed E-state index contributed by atoms with van der Waals surface area (Å²) in [5.74, 6) is 0.0994. The Balaban J connectivity index is 1.15. The van der Waals surface area contributed by atoms with Gasteiger partial charge < -0.3 is 15.5 Å². The number of halogens is 3. The summed E-state index contributed by atoms with van der Waals surface area (Å²) in [6, 6.07) is 16.9. The number of carbonyl (C=O) groups is 2. The molecular formula is C33H34F3N5O2. The summed E-state index contributed by atoms with van der Waals surface area (Å²) in [4.78, 5) is 34.1. The number of anilines is 1. The fraction of sp³-hybridized carbons (Fsp3) is 0.364. The summed E-state index contributed by atoms with van der Waals surface area (Å²) >= 11 is 0. The van der Waals surface area contributed by atoms with Gasteiger partial charge in [-0.25, -0.2) is 0 Å². The lowest BCUT2D eigenvalue weighted by Crippen LogP contribution is -2.45. The number of alkyl halides is 3. The fourth-order valence-electron chi connectivity index (χ4n) is 5.66. The summed E-state index contributed by atoms with van der Waals surface area (Å²) in [5.41, 5.74) is 3.45. The molecule has 10 heteroatoms. The first-order valence-corrected chi connectivity index (χ1v) is 14.7. The Hall–Kier alpha value is -4.02. The van der Waals surface area contributed by atoms with Crippen LogP contribution >= 0.6 is 0 Å². The number of amidine groups is 1. The first-order valence-electron chi connectivity index (χ1n) is 14.7. The molecule has 0 atom stereocenters. The van der Waals surface area contributed by atoms with Crippen molar-refractivity contribution in [3.63, 3.8) is 0 Å². The van der Waals surface area contributed by atoms with E-state index < -0.39 is 17.6 Å². The Morgan fingerprint density at radius 3 is 2.37 bits per heavy atom. The molecule has 1 saturated heterocycles. The van der Waals surface area contributed by atoms with Crippen LogP contribution in [0.3, 0.4) is 0 Å². The number of fused-ring (bicyclic) bond motifs is 1. The molecule has 7 nitrogen and oxygen atoms in total. The highest BCUT2D eigenvalue weighted by atomic mass is 19.4. The molecule has 43 heavy (non-hydrogen) atoms. The Bertz CT molecular complexity index is 1570. The van der Waals surface area contributed by atoms with Crippen LogP contribution in [0.4, 0.5) is 18.9 Å². The molecule has 2 amide bonds. The number of likely N-dealkylation sites (N-methyl/N-ethyl adjacent to an activating group) is 1. The maximum absolute atomic E-state index is 14.1. The van der Waals surface area contributed by atoms with Gasteiger partial charge in [-0.1, -0.05) is 37.3 Å². The molecule has 224 valence electrons. The number of hydrogen-bond acceptors (Lipinski definition) is 5. The molecule has 0 aromatic heterocycles. The van der Waals surface area contributed by atoms with Crippen molar-refractivity contribution in [2.45, 2.75) is 39.0 Å². The SMILES string of the molecule is CCN1CCN(Cc2ccc(C(=O)Nc3cccc(-c4ccc5c(c4)CN=C5NC(=O)C4CC4)c3)cc2C(F)(F)F)CC1. The van der Waals surface area contributed by atoms with E-state index in [9.17, 15) is 22.8 Å². The van der Waals surface area contributed by atoms with E-state index in [2.05, 4.69) is 27.4 Å². The van der Waals surface area contributed by atoms with Crippen LogP contribution in [-0.2, 0) is 24.1 Å². The van der Waals surface area contributed by atoms with Crippen molar-refractivity contribution in [2.75, 3.05) is 38.0 Å². The molecule has 1 saturated carbocycles. The van der Waals surface area contributed by atoms with Gasteiger partial charge in [-0.2, -0.15) is 13.2 Å². The number of rotatable bonds is 7. The van der Waals surface area contributed by atoms with Crippen LogP contribution in [0.15, 0.2) is 65.7 Å². The molecular weight excluding hydrogens is 555 g/mol. The highest BCUT2D eigenvalue weighted by molar-refractivity contribution is 6.11. The molecule has 6 rings (SSSR count). The Morgan fingerprint density at radius 2 is 1.65 bits per heavy atom. The minimum atomic E-state index is -4.57. The first-order chi connectivity index (χ1) is 20.7. The minimum absolute atomic E-state index is 0.0154. The van der Waals surface area contributed by atoms with Crippen LogP contribution in [-0.4, -0.2) is 60.2 Å². The normalized spacial score (nSPS) is 17.3.